The zero-order valence-corrected chi connectivity index (χ0v) is 15.3. The standard InChI is InChI=1S/C20H16F3N3O3/c1-19(15-6-2-4-13(8-15)10-24)17(27)26(18(28)25-19)11-14-5-3-7-16(9-14)29-12-20(21,22)23/h2-9H,11-12H2,1H3,(H,25,28). The van der Waals surface area contributed by atoms with Crippen LogP contribution in [-0.4, -0.2) is 29.6 Å². The molecule has 2 aromatic rings. The molecule has 1 heterocycles. The third kappa shape index (κ3) is 4.32. The number of amides is 3. The van der Waals surface area contributed by atoms with Crippen molar-refractivity contribution in [1.29, 1.82) is 5.26 Å². The molecule has 0 aromatic heterocycles. The number of rotatable bonds is 5. The van der Waals surface area contributed by atoms with Crippen molar-refractivity contribution < 1.29 is 27.5 Å². The van der Waals surface area contributed by atoms with Crippen LogP contribution < -0.4 is 10.1 Å². The Morgan fingerprint density at radius 2 is 1.90 bits per heavy atom. The summed E-state index contributed by atoms with van der Waals surface area (Å²) in [7, 11) is 0. The first-order valence-electron chi connectivity index (χ1n) is 8.55. The molecule has 150 valence electrons. The van der Waals surface area contributed by atoms with Gasteiger partial charge in [-0.2, -0.15) is 18.4 Å². The Morgan fingerprint density at radius 3 is 2.59 bits per heavy atom. The van der Waals surface area contributed by atoms with E-state index in [0.29, 0.717) is 16.7 Å². The van der Waals surface area contributed by atoms with E-state index in [2.05, 4.69) is 5.32 Å². The van der Waals surface area contributed by atoms with E-state index >= 15 is 0 Å². The molecule has 1 fully saturated rings. The van der Waals surface area contributed by atoms with E-state index in [1.807, 2.05) is 6.07 Å². The van der Waals surface area contributed by atoms with Gasteiger partial charge in [-0.15, -0.1) is 0 Å². The molecule has 2 aromatic carbocycles. The first-order chi connectivity index (χ1) is 13.6. The minimum absolute atomic E-state index is 0.0173. The highest BCUT2D eigenvalue weighted by Crippen LogP contribution is 2.30. The van der Waals surface area contributed by atoms with Gasteiger partial charge in [0, 0.05) is 0 Å². The molecule has 3 amide bonds. The van der Waals surface area contributed by atoms with Gasteiger partial charge in [-0.1, -0.05) is 24.3 Å². The van der Waals surface area contributed by atoms with E-state index < -0.39 is 30.3 Å². The summed E-state index contributed by atoms with van der Waals surface area (Å²) in [6.45, 7) is -0.0408. The topological polar surface area (TPSA) is 82.4 Å². The van der Waals surface area contributed by atoms with E-state index in [0.717, 1.165) is 4.90 Å². The van der Waals surface area contributed by atoms with E-state index in [1.165, 1.54) is 31.2 Å². The van der Waals surface area contributed by atoms with Crippen LogP contribution >= 0.6 is 0 Å². The molecule has 0 radical (unpaired) electrons. The van der Waals surface area contributed by atoms with Crippen molar-refractivity contribution in [2.75, 3.05) is 6.61 Å². The molecule has 0 saturated carbocycles. The normalized spacial score (nSPS) is 19.1. The zero-order chi connectivity index (χ0) is 21.2. The molecule has 6 nitrogen and oxygen atoms in total. The second-order valence-corrected chi connectivity index (χ2v) is 6.69. The van der Waals surface area contributed by atoms with Crippen molar-refractivity contribution in [3.05, 3.63) is 65.2 Å². The number of benzene rings is 2. The quantitative estimate of drug-likeness (QED) is 0.775. The predicted molar refractivity (Wildman–Crippen MR) is 95.6 cm³/mol. The lowest BCUT2D eigenvalue weighted by molar-refractivity contribution is -0.153. The van der Waals surface area contributed by atoms with Crippen molar-refractivity contribution in [2.24, 2.45) is 0 Å². The van der Waals surface area contributed by atoms with E-state index in [9.17, 15) is 22.8 Å². The number of nitrogens with zero attached hydrogens (tertiary/aromatic N) is 2. The first kappa shape index (κ1) is 20.2. The fourth-order valence-electron chi connectivity index (χ4n) is 3.02. The summed E-state index contributed by atoms with van der Waals surface area (Å²) in [5, 5.41) is 11.7. The Labute approximate surface area is 164 Å². The Bertz CT molecular complexity index is 1000. The number of carbonyl (C=O) groups excluding carboxylic acids is 2. The van der Waals surface area contributed by atoms with Crippen LogP contribution in [0.1, 0.15) is 23.6 Å². The number of carbonyl (C=O) groups is 2. The molecule has 1 aliphatic heterocycles. The van der Waals surface area contributed by atoms with Crippen LogP contribution in [0.5, 0.6) is 5.75 Å². The van der Waals surface area contributed by atoms with Gasteiger partial charge in [-0.05, 0) is 42.3 Å². The van der Waals surface area contributed by atoms with Gasteiger partial charge in [0.1, 0.15) is 11.3 Å². The number of hydrogen-bond acceptors (Lipinski definition) is 4. The number of nitriles is 1. The van der Waals surface area contributed by atoms with E-state index in [4.69, 9.17) is 10.00 Å². The van der Waals surface area contributed by atoms with Gasteiger partial charge in [-0.3, -0.25) is 9.69 Å². The Morgan fingerprint density at radius 1 is 1.17 bits per heavy atom. The number of halogens is 3. The lowest BCUT2D eigenvalue weighted by Crippen LogP contribution is -2.40. The SMILES string of the molecule is CC1(c2cccc(C#N)c2)NC(=O)N(Cc2cccc(OCC(F)(F)F)c2)C1=O. The molecule has 1 aliphatic rings. The minimum Gasteiger partial charge on any atom is -0.484 e. The van der Waals surface area contributed by atoms with Crippen LogP contribution in [-0.2, 0) is 16.9 Å². The molecule has 1 N–H and O–H groups in total. The van der Waals surface area contributed by atoms with Crippen molar-refractivity contribution in [3.63, 3.8) is 0 Å². The molecule has 1 saturated heterocycles. The highest BCUT2D eigenvalue weighted by Gasteiger charge is 2.49. The second-order valence-electron chi connectivity index (χ2n) is 6.69. The predicted octanol–water partition coefficient (Wildman–Crippen LogP) is 3.47. The van der Waals surface area contributed by atoms with Crippen LogP contribution in [0, 0.1) is 11.3 Å². The van der Waals surface area contributed by atoms with Crippen LogP contribution in [0.4, 0.5) is 18.0 Å². The summed E-state index contributed by atoms with van der Waals surface area (Å²) in [5.41, 5.74) is -0.115. The third-order valence-corrected chi connectivity index (χ3v) is 4.49. The number of alkyl halides is 3. The van der Waals surface area contributed by atoms with Crippen LogP contribution in [0.25, 0.3) is 0 Å². The van der Waals surface area contributed by atoms with Gasteiger partial charge >= 0.3 is 12.2 Å². The number of ether oxygens (including phenoxy) is 1. The fourth-order valence-corrected chi connectivity index (χ4v) is 3.02. The molecular formula is C20H16F3N3O3. The maximum atomic E-state index is 13.0. The number of nitrogens with one attached hydrogen (secondary N) is 1. The molecule has 0 aliphatic carbocycles. The zero-order valence-electron chi connectivity index (χ0n) is 15.3. The second kappa shape index (κ2) is 7.47. The molecule has 29 heavy (non-hydrogen) atoms. The van der Waals surface area contributed by atoms with Crippen molar-refractivity contribution in [1.82, 2.24) is 10.2 Å². The number of hydrogen-bond donors (Lipinski definition) is 1. The largest absolute Gasteiger partial charge is 0.484 e. The van der Waals surface area contributed by atoms with Crippen molar-refractivity contribution >= 4 is 11.9 Å². The summed E-state index contributed by atoms with van der Waals surface area (Å²) >= 11 is 0. The summed E-state index contributed by atoms with van der Waals surface area (Å²) in [6.07, 6.45) is -4.47. The van der Waals surface area contributed by atoms with Gasteiger partial charge < -0.3 is 10.1 Å². The van der Waals surface area contributed by atoms with Crippen molar-refractivity contribution in [3.8, 4) is 11.8 Å². The monoisotopic (exact) mass is 403 g/mol. The molecule has 9 heteroatoms. The van der Waals surface area contributed by atoms with Crippen LogP contribution in [0.15, 0.2) is 48.5 Å². The highest BCUT2D eigenvalue weighted by atomic mass is 19.4. The van der Waals surface area contributed by atoms with Gasteiger partial charge in [0.2, 0.25) is 0 Å². The molecule has 0 bridgehead atoms. The molecule has 1 atom stereocenters. The number of imide groups is 1. The first-order valence-corrected chi connectivity index (χ1v) is 8.55. The molecule has 0 spiro atoms. The van der Waals surface area contributed by atoms with Crippen molar-refractivity contribution in [2.45, 2.75) is 25.2 Å². The maximum absolute atomic E-state index is 13.0. The van der Waals surface area contributed by atoms with E-state index in [-0.39, 0.29) is 12.3 Å². The van der Waals surface area contributed by atoms with Crippen LogP contribution in [0.2, 0.25) is 0 Å². The Kier molecular flexibility index (Phi) is 5.20. The molecular weight excluding hydrogens is 387 g/mol. The summed E-state index contributed by atoms with van der Waals surface area (Å²) < 4.78 is 41.7. The average Bonchev–Trinajstić information content (AvgIpc) is 2.90. The van der Waals surface area contributed by atoms with Gasteiger partial charge in [-0.25, -0.2) is 4.79 Å². The summed E-state index contributed by atoms with van der Waals surface area (Å²) in [4.78, 5) is 26.4. The summed E-state index contributed by atoms with van der Waals surface area (Å²) in [5.74, 6) is -0.546. The van der Waals surface area contributed by atoms with Crippen LogP contribution in [0.3, 0.4) is 0 Å². The highest BCUT2D eigenvalue weighted by molar-refractivity contribution is 6.07. The number of urea groups is 1. The van der Waals surface area contributed by atoms with Gasteiger partial charge in [0.25, 0.3) is 5.91 Å². The van der Waals surface area contributed by atoms with E-state index in [1.54, 1.807) is 24.3 Å². The van der Waals surface area contributed by atoms with Gasteiger partial charge in [0.05, 0.1) is 18.2 Å². The average molecular weight is 403 g/mol. The lowest BCUT2D eigenvalue weighted by Gasteiger charge is -2.22. The maximum Gasteiger partial charge on any atom is 0.422 e. The summed E-state index contributed by atoms with van der Waals surface area (Å²) in [6, 6.07) is 13.5. The fraction of sp³-hybridized carbons (Fsp3) is 0.250. The minimum atomic E-state index is -4.47. The Hall–Kier alpha value is -3.54. The smallest absolute Gasteiger partial charge is 0.422 e. The molecule has 1 unspecified atom stereocenters. The Balaban J connectivity index is 1.80. The van der Waals surface area contributed by atoms with Gasteiger partial charge in [0.15, 0.2) is 6.61 Å². The lowest BCUT2D eigenvalue weighted by atomic mass is 9.91. The molecule has 3 rings (SSSR count). The third-order valence-electron chi connectivity index (χ3n) is 4.49.